The van der Waals surface area contributed by atoms with E-state index in [0.717, 1.165) is 0 Å². The summed E-state index contributed by atoms with van der Waals surface area (Å²) in [6.07, 6.45) is 0.0492. The molecule has 3 heterocycles. The molecular weight excluding hydrogens is 560 g/mol. The quantitative estimate of drug-likeness (QED) is 0.390. The number of hydrogen-bond donors (Lipinski definition) is 3. The highest BCUT2D eigenvalue weighted by atomic mass is 35.5. The highest BCUT2D eigenvalue weighted by Crippen LogP contribution is 2.54. The Bertz CT molecular complexity index is 1520. The van der Waals surface area contributed by atoms with Crippen LogP contribution < -0.4 is 14.4 Å². The van der Waals surface area contributed by atoms with Crippen molar-refractivity contribution in [2.45, 2.75) is 29.1 Å². The lowest BCUT2D eigenvalue weighted by atomic mass is 9.81. The van der Waals surface area contributed by atoms with Gasteiger partial charge in [0, 0.05) is 35.3 Å². The lowest BCUT2D eigenvalue weighted by molar-refractivity contribution is -0.145. The van der Waals surface area contributed by atoms with Gasteiger partial charge >= 0.3 is 5.97 Å². The number of carbonyl (C=O) groups excluding carboxylic acids is 1. The number of anilines is 1. The van der Waals surface area contributed by atoms with Crippen LogP contribution in [0.3, 0.4) is 0 Å². The Kier molecular flexibility index (Phi) is 8.47. The van der Waals surface area contributed by atoms with Crippen LogP contribution in [0.5, 0.6) is 5.75 Å². The Morgan fingerprint density at radius 2 is 1.80 bits per heavy atom. The van der Waals surface area contributed by atoms with E-state index in [2.05, 4.69) is 10.3 Å². The number of nitrogens with one attached hydrogen (secondary N) is 1. The zero-order valence-corrected chi connectivity index (χ0v) is 23.6. The third-order valence-corrected chi connectivity index (χ3v) is 8.54. The lowest BCUT2D eigenvalue weighted by Gasteiger charge is -2.40. The van der Waals surface area contributed by atoms with Crippen LogP contribution in [0.4, 0.5) is 5.69 Å². The van der Waals surface area contributed by atoms with Gasteiger partial charge in [-0.25, -0.2) is 4.98 Å². The van der Waals surface area contributed by atoms with Crippen LogP contribution in [0.1, 0.15) is 17.5 Å². The Morgan fingerprint density at radius 1 is 1.12 bits per heavy atom. The van der Waals surface area contributed by atoms with Crippen molar-refractivity contribution in [2.24, 2.45) is 0 Å². The summed E-state index contributed by atoms with van der Waals surface area (Å²) in [7, 11) is 0.598. The molecule has 0 aliphatic carbocycles. The minimum absolute atomic E-state index is 0.00325. The van der Waals surface area contributed by atoms with E-state index in [0.29, 0.717) is 4.31 Å². The van der Waals surface area contributed by atoms with E-state index in [-0.39, 0.29) is 45.6 Å². The maximum atomic E-state index is 14.7. The number of β-amino-alcohol motifs (C(OH)–C–C–N with tert-alkyl or cyclic N) is 1. The number of para-hydroxylation sites is 1. The summed E-state index contributed by atoms with van der Waals surface area (Å²) in [5.74, 6) is -2.00. The largest absolute Gasteiger partial charge is 0.496 e. The van der Waals surface area contributed by atoms with Gasteiger partial charge in [-0.3, -0.25) is 14.5 Å². The zero-order valence-electron chi connectivity index (χ0n) is 22.0. The summed E-state index contributed by atoms with van der Waals surface area (Å²) in [5, 5.41) is 23.2. The molecule has 0 radical (unpaired) electrons. The van der Waals surface area contributed by atoms with Gasteiger partial charge in [-0.15, -0.1) is 0 Å². The van der Waals surface area contributed by atoms with E-state index in [1.165, 1.54) is 48.5 Å². The van der Waals surface area contributed by atoms with Gasteiger partial charge in [-0.05, 0) is 50.5 Å². The number of carboxylic acid groups (broad SMARTS) is 1. The highest BCUT2D eigenvalue weighted by Gasteiger charge is 2.64. The average molecular weight is 589 g/mol. The fourth-order valence-electron chi connectivity index (χ4n) is 5.23. The van der Waals surface area contributed by atoms with Gasteiger partial charge in [0.2, 0.25) is 0 Å². The number of pyridine rings is 1. The number of aliphatic carboxylic acids is 1. The molecule has 1 fully saturated rings. The number of sulfonamides is 1. The first-order valence-corrected chi connectivity index (χ1v) is 14.1. The SMILES string of the molecule is CNC.COc1ccccc1C1(N2C[C@H](O)C[C@H]2C(=O)O)C(=O)N(S(=O)(=O)c2ccccn2)c2ccc(Cl)cc21. The smallest absolute Gasteiger partial charge is 0.321 e. The molecule has 11 nitrogen and oxygen atoms in total. The molecule has 13 heteroatoms. The molecule has 1 unspecified atom stereocenters. The minimum Gasteiger partial charge on any atom is -0.496 e. The van der Waals surface area contributed by atoms with Crippen LogP contribution in [-0.4, -0.2) is 80.3 Å². The summed E-state index contributed by atoms with van der Waals surface area (Å²) < 4.78 is 33.9. The molecule has 5 rings (SSSR count). The predicted molar refractivity (Wildman–Crippen MR) is 148 cm³/mol. The molecule has 2 aliphatic rings. The van der Waals surface area contributed by atoms with Crippen molar-refractivity contribution in [1.29, 1.82) is 0 Å². The second-order valence-electron chi connectivity index (χ2n) is 9.21. The summed E-state index contributed by atoms with van der Waals surface area (Å²) in [6, 6.07) is 13.7. The van der Waals surface area contributed by atoms with E-state index >= 15 is 0 Å². The van der Waals surface area contributed by atoms with Gasteiger partial charge in [0.1, 0.15) is 11.8 Å². The molecule has 3 atom stereocenters. The van der Waals surface area contributed by atoms with Crippen molar-refractivity contribution in [3.8, 4) is 5.75 Å². The Labute approximate surface area is 237 Å². The lowest BCUT2D eigenvalue weighted by Crippen LogP contribution is -2.58. The third-order valence-electron chi connectivity index (χ3n) is 6.70. The zero-order chi connectivity index (χ0) is 29.2. The number of aromatic nitrogens is 1. The number of nitrogens with zero attached hydrogens (tertiary/aromatic N) is 3. The number of methoxy groups -OCH3 is 1. The van der Waals surface area contributed by atoms with Crippen LogP contribution in [0.2, 0.25) is 5.02 Å². The molecule has 0 saturated carbocycles. The molecule has 0 spiro atoms. The third kappa shape index (κ3) is 4.71. The number of fused-ring (bicyclic) bond motifs is 1. The molecule has 0 bridgehead atoms. The minimum atomic E-state index is -4.54. The summed E-state index contributed by atoms with van der Waals surface area (Å²) in [5.41, 5.74) is -1.65. The van der Waals surface area contributed by atoms with Crippen molar-refractivity contribution in [1.82, 2.24) is 15.2 Å². The summed E-state index contributed by atoms with van der Waals surface area (Å²) in [6.45, 7) is -0.218. The predicted octanol–water partition coefficient (Wildman–Crippen LogP) is 2.08. The highest BCUT2D eigenvalue weighted by molar-refractivity contribution is 7.93. The van der Waals surface area contributed by atoms with Gasteiger partial charge in [0.25, 0.3) is 15.9 Å². The Morgan fingerprint density at radius 3 is 2.42 bits per heavy atom. The number of amides is 1. The number of rotatable bonds is 6. The van der Waals surface area contributed by atoms with Gasteiger partial charge < -0.3 is 20.3 Å². The topological polar surface area (TPSA) is 149 Å². The second kappa shape index (κ2) is 11.5. The first-order chi connectivity index (χ1) is 19.0. The van der Waals surface area contributed by atoms with Crippen LogP contribution in [-0.2, 0) is 25.2 Å². The average Bonchev–Trinajstić information content (AvgIpc) is 3.45. The second-order valence-corrected chi connectivity index (χ2v) is 11.4. The van der Waals surface area contributed by atoms with E-state index in [1.807, 2.05) is 14.1 Å². The van der Waals surface area contributed by atoms with Crippen molar-refractivity contribution >= 4 is 39.2 Å². The van der Waals surface area contributed by atoms with E-state index < -0.39 is 39.6 Å². The normalized spacial score (nSPS) is 22.4. The molecule has 1 aromatic heterocycles. The number of carboxylic acids is 1. The van der Waals surface area contributed by atoms with E-state index in [9.17, 15) is 28.2 Å². The Hall–Kier alpha value is -3.55. The van der Waals surface area contributed by atoms with Gasteiger partial charge in [-0.2, -0.15) is 12.7 Å². The number of aliphatic hydroxyl groups excluding tert-OH is 1. The first-order valence-electron chi connectivity index (χ1n) is 12.3. The van der Waals surface area contributed by atoms with Gasteiger partial charge in [0.05, 0.1) is 18.9 Å². The molecular formula is C27H29ClN4O7S. The van der Waals surface area contributed by atoms with Crippen molar-refractivity contribution < 1.29 is 33.0 Å². The number of aliphatic hydroxyl groups is 1. The van der Waals surface area contributed by atoms with Crippen molar-refractivity contribution in [2.75, 3.05) is 32.1 Å². The van der Waals surface area contributed by atoms with E-state index in [4.69, 9.17) is 16.3 Å². The number of hydrogen-bond acceptors (Lipinski definition) is 9. The number of halogens is 1. The monoisotopic (exact) mass is 588 g/mol. The molecule has 1 saturated heterocycles. The van der Waals surface area contributed by atoms with E-state index in [1.54, 1.807) is 30.3 Å². The van der Waals surface area contributed by atoms with Crippen LogP contribution in [0.15, 0.2) is 71.9 Å². The summed E-state index contributed by atoms with van der Waals surface area (Å²) in [4.78, 5) is 32.3. The summed E-state index contributed by atoms with van der Waals surface area (Å²) >= 11 is 6.37. The van der Waals surface area contributed by atoms with Crippen LogP contribution >= 0.6 is 11.6 Å². The molecule has 2 aromatic carbocycles. The number of likely N-dealkylation sites (tertiary alicyclic amines) is 1. The molecule has 3 N–H and O–H groups in total. The molecule has 1 amide bonds. The Balaban J connectivity index is 0.00000118. The molecule has 212 valence electrons. The fourth-order valence-corrected chi connectivity index (χ4v) is 6.81. The molecule has 2 aliphatic heterocycles. The van der Waals surface area contributed by atoms with Crippen LogP contribution in [0.25, 0.3) is 0 Å². The van der Waals surface area contributed by atoms with Crippen molar-refractivity contribution in [3.63, 3.8) is 0 Å². The molecule has 40 heavy (non-hydrogen) atoms. The number of benzene rings is 2. The number of carbonyl (C=O) groups is 2. The number of ether oxygens (including phenoxy) is 1. The van der Waals surface area contributed by atoms with Gasteiger partial charge in [0.15, 0.2) is 10.6 Å². The first kappa shape index (κ1) is 29.4. The van der Waals surface area contributed by atoms with Gasteiger partial charge in [-0.1, -0.05) is 35.9 Å². The van der Waals surface area contributed by atoms with Crippen molar-refractivity contribution in [3.05, 3.63) is 83.0 Å². The maximum absolute atomic E-state index is 14.7. The van der Waals surface area contributed by atoms with Crippen LogP contribution in [0, 0.1) is 0 Å². The fraction of sp³-hybridized carbons (Fsp3) is 0.296. The molecule has 3 aromatic rings. The standard InChI is InChI=1S/C25H22ClN3O7S.C2H7N/c1-36-21-7-3-2-6-17(21)25(28-14-16(30)13-20(28)23(31)32)18-12-15(26)9-10-19(18)29(24(25)33)37(34,35)22-8-4-5-11-27-22;1-3-2/h2-12,16,20,30H,13-14H2,1H3,(H,31,32);3H,1-2H3/t16-,20+,25?;/m1./s1. The maximum Gasteiger partial charge on any atom is 0.321 e.